The summed E-state index contributed by atoms with van der Waals surface area (Å²) in [4.78, 5) is 15.4. The van der Waals surface area contributed by atoms with Crippen molar-refractivity contribution < 1.29 is 24.1 Å². The van der Waals surface area contributed by atoms with Crippen LogP contribution in [0.3, 0.4) is 0 Å². The number of benzene rings is 3. The minimum atomic E-state index is -0.382. The number of hydrogen-bond acceptors (Lipinski definition) is 6. The maximum Gasteiger partial charge on any atom is 0.273 e. The molecule has 1 amide bonds. The second-order valence-electron chi connectivity index (χ2n) is 8.49. The molecule has 8 heteroatoms. The van der Waals surface area contributed by atoms with Gasteiger partial charge in [-0.15, -0.1) is 0 Å². The van der Waals surface area contributed by atoms with E-state index in [0.29, 0.717) is 41.4 Å². The van der Waals surface area contributed by atoms with Crippen LogP contribution in [0.15, 0.2) is 66.7 Å². The molecule has 1 aliphatic heterocycles. The Bertz CT molecular complexity index is 1400. The van der Waals surface area contributed by atoms with E-state index in [2.05, 4.69) is 10.2 Å². The van der Waals surface area contributed by atoms with Gasteiger partial charge in [0.15, 0.2) is 11.5 Å². The molecule has 0 aliphatic carbocycles. The van der Waals surface area contributed by atoms with Crippen molar-refractivity contribution in [1.29, 1.82) is 0 Å². The fourth-order valence-corrected chi connectivity index (χ4v) is 4.72. The van der Waals surface area contributed by atoms with Crippen molar-refractivity contribution in [3.05, 3.63) is 89.1 Å². The van der Waals surface area contributed by atoms with E-state index in [9.17, 15) is 9.90 Å². The Hall–Kier alpha value is -4.46. The number of carbonyl (C=O) groups excluding carboxylic acids is 1. The Kier molecular flexibility index (Phi) is 6.25. The van der Waals surface area contributed by atoms with Gasteiger partial charge in [-0.1, -0.05) is 30.3 Å². The molecule has 4 aromatic rings. The number of methoxy groups -OCH3 is 3. The minimum absolute atomic E-state index is 0.108. The normalized spacial score (nSPS) is 14.6. The highest BCUT2D eigenvalue weighted by Gasteiger charge is 2.42. The standard InChI is InChI=1S/C28H27N3O5/c1-34-19-11-9-18(10-12-19)27-24-25(20-6-4-5-7-21(20)32)29-30-26(24)28(33)31(27)15-14-17-8-13-22(35-2)23(16-17)36-3/h4-13,16,27,32H,14-15H2,1-3H3,(H,29,30)/t27-/m0/s1. The van der Waals surface area contributed by atoms with Gasteiger partial charge in [0, 0.05) is 17.7 Å². The van der Waals surface area contributed by atoms with Gasteiger partial charge in [-0.3, -0.25) is 9.89 Å². The highest BCUT2D eigenvalue weighted by atomic mass is 16.5. The van der Waals surface area contributed by atoms with Gasteiger partial charge in [0.05, 0.1) is 27.4 Å². The molecule has 0 radical (unpaired) electrons. The zero-order valence-corrected chi connectivity index (χ0v) is 20.3. The third-order valence-electron chi connectivity index (χ3n) is 6.54. The summed E-state index contributed by atoms with van der Waals surface area (Å²) in [7, 11) is 4.82. The smallest absolute Gasteiger partial charge is 0.273 e. The molecule has 2 N–H and O–H groups in total. The number of nitrogens with one attached hydrogen (secondary N) is 1. The summed E-state index contributed by atoms with van der Waals surface area (Å²) in [6.45, 7) is 0.466. The van der Waals surface area contributed by atoms with E-state index in [4.69, 9.17) is 14.2 Å². The van der Waals surface area contributed by atoms with Gasteiger partial charge in [0.2, 0.25) is 0 Å². The quantitative estimate of drug-likeness (QED) is 0.379. The number of phenolic OH excluding ortho intramolecular Hbond substituents is 1. The summed E-state index contributed by atoms with van der Waals surface area (Å²) in [6, 6.07) is 20.1. The van der Waals surface area contributed by atoms with E-state index in [0.717, 1.165) is 22.4 Å². The van der Waals surface area contributed by atoms with E-state index in [1.807, 2.05) is 53.4 Å². The number of amides is 1. The van der Waals surface area contributed by atoms with Crippen molar-refractivity contribution >= 4 is 5.91 Å². The molecule has 0 fully saturated rings. The number of aromatic nitrogens is 2. The number of nitrogens with zero attached hydrogens (tertiary/aromatic N) is 2. The zero-order chi connectivity index (χ0) is 25.2. The molecule has 0 unspecified atom stereocenters. The van der Waals surface area contributed by atoms with Crippen LogP contribution in [0.5, 0.6) is 23.0 Å². The van der Waals surface area contributed by atoms with Crippen LogP contribution in [-0.4, -0.2) is 54.0 Å². The lowest BCUT2D eigenvalue weighted by molar-refractivity contribution is 0.0746. The van der Waals surface area contributed by atoms with Crippen molar-refractivity contribution in [3.8, 4) is 34.3 Å². The summed E-state index contributed by atoms with van der Waals surface area (Å²) < 4.78 is 16.1. The molecule has 0 bridgehead atoms. The van der Waals surface area contributed by atoms with Gasteiger partial charge in [-0.25, -0.2) is 0 Å². The van der Waals surface area contributed by atoms with Gasteiger partial charge < -0.3 is 24.2 Å². The number of carbonyl (C=O) groups is 1. The first-order valence-electron chi connectivity index (χ1n) is 11.6. The summed E-state index contributed by atoms with van der Waals surface area (Å²) in [5, 5.41) is 17.9. The predicted molar refractivity (Wildman–Crippen MR) is 135 cm³/mol. The van der Waals surface area contributed by atoms with E-state index in [-0.39, 0.29) is 17.7 Å². The molecule has 5 rings (SSSR count). The molecule has 36 heavy (non-hydrogen) atoms. The SMILES string of the molecule is COc1ccc([C@H]2c3c(-c4ccccc4O)n[nH]c3C(=O)N2CCc2ccc(OC)c(OC)c2)cc1. The van der Waals surface area contributed by atoms with Crippen LogP contribution in [-0.2, 0) is 6.42 Å². The first-order valence-corrected chi connectivity index (χ1v) is 11.6. The summed E-state index contributed by atoms with van der Waals surface area (Å²) in [5.41, 5.74) is 4.26. The number of para-hydroxylation sites is 1. The van der Waals surface area contributed by atoms with E-state index >= 15 is 0 Å². The van der Waals surface area contributed by atoms with Crippen molar-refractivity contribution in [1.82, 2.24) is 15.1 Å². The third-order valence-corrected chi connectivity index (χ3v) is 6.54. The first kappa shape index (κ1) is 23.3. The average molecular weight is 486 g/mol. The number of fused-ring (bicyclic) bond motifs is 1. The van der Waals surface area contributed by atoms with Gasteiger partial charge in [-0.05, 0) is 53.9 Å². The van der Waals surface area contributed by atoms with Crippen LogP contribution < -0.4 is 14.2 Å². The third kappa shape index (κ3) is 4.00. The monoisotopic (exact) mass is 485 g/mol. The van der Waals surface area contributed by atoms with Crippen LogP contribution in [0.2, 0.25) is 0 Å². The van der Waals surface area contributed by atoms with Gasteiger partial charge in [-0.2, -0.15) is 5.10 Å². The van der Waals surface area contributed by atoms with E-state index in [1.165, 1.54) is 0 Å². The van der Waals surface area contributed by atoms with Gasteiger partial charge in [0.1, 0.15) is 22.9 Å². The largest absolute Gasteiger partial charge is 0.507 e. The highest BCUT2D eigenvalue weighted by molar-refractivity contribution is 6.00. The Morgan fingerprint density at radius 1 is 0.944 bits per heavy atom. The molecule has 0 saturated heterocycles. The van der Waals surface area contributed by atoms with Crippen LogP contribution in [0.1, 0.15) is 33.2 Å². The minimum Gasteiger partial charge on any atom is -0.507 e. The number of rotatable bonds is 8. The van der Waals surface area contributed by atoms with Crippen LogP contribution >= 0.6 is 0 Å². The highest BCUT2D eigenvalue weighted by Crippen LogP contribution is 2.44. The van der Waals surface area contributed by atoms with Crippen LogP contribution in [0, 0.1) is 0 Å². The van der Waals surface area contributed by atoms with Crippen LogP contribution in [0.4, 0.5) is 0 Å². The number of hydrogen-bond donors (Lipinski definition) is 2. The fraction of sp³-hybridized carbons (Fsp3) is 0.214. The fourth-order valence-electron chi connectivity index (χ4n) is 4.72. The molecule has 1 aliphatic rings. The number of H-pyrrole nitrogens is 1. The lowest BCUT2D eigenvalue weighted by Crippen LogP contribution is -2.31. The summed E-state index contributed by atoms with van der Waals surface area (Å²) >= 11 is 0. The van der Waals surface area contributed by atoms with Crippen molar-refractivity contribution in [3.63, 3.8) is 0 Å². The Labute approximate surface area is 209 Å². The summed E-state index contributed by atoms with van der Waals surface area (Å²) in [6.07, 6.45) is 0.613. The number of ether oxygens (including phenoxy) is 3. The Morgan fingerprint density at radius 2 is 1.69 bits per heavy atom. The topological polar surface area (TPSA) is 96.9 Å². The molecule has 1 atom stereocenters. The molecule has 184 valence electrons. The Balaban J connectivity index is 1.54. The van der Waals surface area contributed by atoms with E-state index in [1.54, 1.807) is 39.5 Å². The molecule has 2 heterocycles. The number of aromatic amines is 1. The number of phenols is 1. The molecular weight excluding hydrogens is 458 g/mol. The lowest BCUT2D eigenvalue weighted by atomic mass is 9.95. The average Bonchev–Trinajstić information content (AvgIpc) is 3.46. The first-order chi connectivity index (χ1) is 17.5. The van der Waals surface area contributed by atoms with Gasteiger partial charge in [0.25, 0.3) is 5.91 Å². The lowest BCUT2D eigenvalue weighted by Gasteiger charge is -2.27. The molecule has 3 aromatic carbocycles. The molecule has 8 nitrogen and oxygen atoms in total. The number of aromatic hydroxyl groups is 1. The van der Waals surface area contributed by atoms with Crippen molar-refractivity contribution in [2.24, 2.45) is 0 Å². The van der Waals surface area contributed by atoms with Crippen LogP contribution in [0.25, 0.3) is 11.3 Å². The second kappa shape index (κ2) is 9.65. The molecule has 1 aromatic heterocycles. The van der Waals surface area contributed by atoms with Crippen molar-refractivity contribution in [2.75, 3.05) is 27.9 Å². The van der Waals surface area contributed by atoms with Gasteiger partial charge >= 0.3 is 0 Å². The zero-order valence-electron chi connectivity index (χ0n) is 20.3. The predicted octanol–water partition coefficient (Wildman–Crippen LogP) is 4.60. The molecule has 0 saturated carbocycles. The molecule has 0 spiro atoms. The summed E-state index contributed by atoms with van der Waals surface area (Å²) in [5.74, 6) is 2.00. The molecular formula is C28H27N3O5. The maximum atomic E-state index is 13.6. The maximum absolute atomic E-state index is 13.6. The van der Waals surface area contributed by atoms with E-state index < -0.39 is 0 Å². The van der Waals surface area contributed by atoms with Crippen molar-refractivity contribution in [2.45, 2.75) is 12.5 Å². The Morgan fingerprint density at radius 3 is 2.39 bits per heavy atom. The second-order valence-corrected chi connectivity index (χ2v) is 8.49.